The molecule has 4 rings (SSSR count). The van der Waals surface area contributed by atoms with Crippen molar-refractivity contribution >= 4 is 57.0 Å². The summed E-state index contributed by atoms with van der Waals surface area (Å²) in [4.78, 5) is 16.3. The van der Waals surface area contributed by atoms with E-state index in [1.165, 1.54) is 0 Å². The fourth-order valence-electron chi connectivity index (χ4n) is 3.67. The van der Waals surface area contributed by atoms with Gasteiger partial charge in [-0.25, -0.2) is 4.79 Å². The van der Waals surface area contributed by atoms with Gasteiger partial charge in [-0.1, -0.05) is 18.2 Å². The Hall–Kier alpha value is -1.71. The average Bonchev–Trinajstić information content (AvgIpc) is 3.15. The van der Waals surface area contributed by atoms with Gasteiger partial charge in [-0.05, 0) is 41.1 Å². The van der Waals surface area contributed by atoms with Gasteiger partial charge in [0.1, 0.15) is 22.7 Å². The molecule has 0 bridgehead atoms. The smallest absolute Gasteiger partial charge is 0.342 e. The van der Waals surface area contributed by atoms with E-state index in [1.807, 2.05) is 30.3 Å². The number of esters is 1. The Morgan fingerprint density at radius 1 is 1.25 bits per heavy atom. The molecule has 1 aromatic heterocycles. The standard InChI is InChI=1S/C23H24BrNO5S.ClH/c1-2-29-23(27)21-19(14-31-15-6-4-3-5-7-15)30-18-12-17(24)22(26)16(20(18)21)13-25-8-10-28-11-9-25;/h3-7,12,26H,2,8-11,13-14H2,1H3;1H. The molecular weight excluding hydrogens is 518 g/mol. The Morgan fingerprint density at radius 3 is 2.66 bits per heavy atom. The fraction of sp³-hybridized carbons (Fsp3) is 0.348. The maximum atomic E-state index is 13.0. The van der Waals surface area contributed by atoms with Gasteiger partial charge in [0.15, 0.2) is 0 Å². The van der Waals surface area contributed by atoms with E-state index in [9.17, 15) is 9.90 Å². The second kappa shape index (κ2) is 11.4. The largest absolute Gasteiger partial charge is 0.506 e. The zero-order valence-corrected chi connectivity index (χ0v) is 20.9. The van der Waals surface area contributed by atoms with Crippen molar-refractivity contribution in [3.63, 3.8) is 0 Å². The maximum Gasteiger partial charge on any atom is 0.342 e. The molecule has 1 aliphatic heterocycles. The highest BCUT2D eigenvalue weighted by Crippen LogP contribution is 2.41. The normalized spacial score (nSPS) is 14.3. The van der Waals surface area contributed by atoms with Crippen LogP contribution in [0.15, 0.2) is 50.2 Å². The van der Waals surface area contributed by atoms with Gasteiger partial charge < -0.3 is 19.0 Å². The van der Waals surface area contributed by atoms with Crippen LogP contribution in [0.1, 0.15) is 28.6 Å². The molecule has 1 fully saturated rings. The van der Waals surface area contributed by atoms with E-state index < -0.39 is 5.97 Å². The summed E-state index contributed by atoms with van der Waals surface area (Å²) in [5.41, 5.74) is 1.61. The van der Waals surface area contributed by atoms with Gasteiger partial charge in [-0.2, -0.15) is 0 Å². The number of phenolic OH excluding ortho intramolecular Hbond substituents is 1. The number of carbonyl (C=O) groups excluding carboxylic acids is 1. The summed E-state index contributed by atoms with van der Waals surface area (Å²) in [6.45, 7) is 5.34. The molecule has 0 saturated carbocycles. The molecule has 0 unspecified atom stereocenters. The number of hydrogen-bond donors (Lipinski definition) is 1. The minimum atomic E-state index is -0.435. The van der Waals surface area contributed by atoms with Gasteiger partial charge in [-0.15, -0.1) is 24.2 Å². The molecule has 1 aliphatic rings. The highest BCUT2D eigenvalue weighted by molar-refractivity contribution is 9.10. The molecule has 1 saturated heterocycles. The first kappa shape index (κ1) is 24.9. The summed E-state index contributed by atoms with van der Waals surface area (Å²) in [7, 11) is 0. The summed E-state index contributed by atoms with van der Waals surface area (Å²) in [5, 5.41) is 11.5. The Balaban J connectivity index is 0.00000289. The monoisotopic (exact) mass is 541 g/mol. The van der Waals surface area contributed by atoms with Crippen molar-refractivity contribution in [3.05, 3.63) is 57.8 Å². The van der Waals surface area contributed by atoms with Gasteiger partial charge in [0, 0.05) is 35.5 Å². The number of hydrogen-bond acceptors (Lipinski definition) is 7. The first-order valence-corrected chi connectivity index (χ1v) is 12.0. The Bertz CT molecular complexity index is 1070. The Morgan fingerprint density at radius 2 is 1.97 bits per heavy atom. The summed E-state index contributed by atoms with van der Waals surface area (Å²) < 4.78 is 17.5. The van der Waals surface area contributed by atoms with Crippen molar-refractivity contribution in [2.75, 3.05) is 32.9 Å². The molecular formula is C23H25BrClNO5S. The number of benzene rings is 2. The number of fused-ring (bicyclic) bond motifs is 1. The van der Waals surface area contributed by atoms with E-state index in [1.54, 1.807) is 24.8 Å². The first-order valence-electron chi connectivity index (χ1n) is 10.2. The summed E-state index contributed by atoms with van der Waals surface area (Å²) in [6.07, 6.45) is 0. The number of nitrogens with zero attached hydrogens (tertiary/aromatic N) is 1. The lowest BCUT2D eigenvalue weighted by molar-refractivity contribution is 0.0340. The van der Waals surface area contributed by atoms with Crippen LogP contribution in [0.3, 0.4) is 0 Å². The minimum absolute atomic E-state index is 0. The van der Waals surface area contributed by atoms with Gasteiger partial charge >= 0.3 is 5.97 Å². The molecule has 0 radical (unpaired) electrons. The maximum absolute atomic E-state index is 13.0. The number of halogens is 2. The number of rotatable bonds is 7. The van der Waals surface area contributed by atoms with Crippen molar-refractivity contribution in [2.24, 2.45) is 0 Å². The topological polar surface area (TPSA) is 72.1 Å². The third-order valence-electron chi connectivity index (χ3n) is 5.16. The van der Waals surface area contributed by atoms with Gasteiger partial charge in [0.25, 0.3) is 0 Å². The van der Waals surface area contributed by atoms with E-state index in [-0.39, 0.29) is 24.8 Å². The molecule has 172 valence electrons. The quantitative estimate of drug-likeness (QED) is 0.307. The molecule has 32 heavy (non-hydrogen) atoms. The van der Waals surface area contributed by atoms with Crippen molar-refractivity contribution in [2.45, 2.75) is 24.1 Å². The number of ether oxygens (including phenoxy) is 2. The number of thioether (sulfide) groups is 1. The van der Waals surface area contributed by atoms with Gasteiger partial charge in [0.2, 0.25) is 0 Å². The van der Waals surface area contributed by atoms with Gasteiger partial charge in [-0.3, -0.25) is 4.90 Å². The molecule has 9 heteroatoms. The van der Waals surface area contributed by atoms with Crippen LogP contribution in [0.5, 0.6) is 5.75 Å². The molecule has 3 aromatic rings. The second-order valence-electron chi connectivity index (χ2n) is 7.17. The zero-order chi connectivity index (χ0) is 21.8. The van der Waals surface area contributed by atoms with Crippen LogP contribution in [0.4, 0.5) is 0 Å². The molecule has 0 amide bonds. The van der Waals surface area contributed by atoms with Crippen LogP contribution in [-0.4, -0.2) is 48.9 Å². The summed E-state index contributed by atoms with van der Waals surface area (Å²) in [5.74, 6) is 0.702. The number of morpholine rings is 1. The molecule has 0 atom stereocenters. The second-order valence-corrected chi connectivity index (χ2v) is 9.07. The van der Waals surface area contributed by atoms with E-state index in [4.69, 9.17) is 13.9 Å². The van der Waals surface area contributed by atoms with Crippen LogP contribution in [0.2, 0.25) is 0 Å². The van der Waals surface area contributed by atoms with E-state index >= 15 is 0 Å². The molecule has 2 heterocycles. The number of furan rings is 1. The van der Waals surface area contributed by atoms with Crippen LogP contribution in [0, 0.1) is 0 Å². The molecule has 2 aromatic carbocycles. The Kier molecular flexibility index (Phi) is 8.90. The Labute approximate surface area is 205 Å². The van der Waals surface area contributed by atoms with Crippen molar-refractivity contribution in [1.82, 2.24) is 4.90 Å². The predicted molar refractivity (Wildman–Crippen MR) is 131 cm³/mol. The highest BCUT2D eigenvalue weighted by Gasteiger charge is 2.28. The average molecular weight is 543 g/mol. The van der Waals surface area contributed by atoms with Crippen molar-refractivity contribution in [3.8, 4) is 5.75 Å². The lowest BCUT2D eigenvalue weighted by atomic mass is 10.0. The van der Waals surface area contributed by atoms with Crippen LogP contribution >= 0.6 is 40.1 Å². The summed E-state index contributed by atoms with van der Waals surface area (Å²) >= 11 is 5.02. The lowest BCUT2D eigenvalue weighted by Gasteiger charge is -2.27. The van der Waals surface area contributed by atoms with Crippen LogP contribution < -0.4 is 0 Å². The van der Waals surface area contributed by atoms with E-state index in [0.29, 0.717) is 57.8 Å². The molecule has 1 N–H and O–H groups in total. The van der Waals surface area contributed by atoms with Crippen LogP contribution in [-0.2, 0) is 21.8 Å². The number of carbonyl (C=O) groups is 1. The summed E-state index contributed by atoms with van der Waals surface area (Å²) in [6, 6.07) is 11.7. The SMILES string of the molecule is CCOC(=O)c1c(CSc2ccccc2)oc2cc(Br)c(O)c(CN3CCOCC3)c12.Cl. The number of aromatic hydroxyl groups is 1. The zero-order valence-electron chi connectivity index (χ0n) is 17.6. The predicted octanol–water partition coefficient (Wildman–Crippen LogP) is 5.62. The highest BCUT2D eigenvalue weighted by atomic mass is 79.9. The molecule has 6 nitrogen and oxygen atoms in total. The van der Waals surface area contributed by atoms with Gasteiger partial charge in [0.05, 0.1) is 30.0 Å². The van der Waals surface area contributed by atoms with Crippen LogP contribution in [0.25, 0.3) is 11.0 Å². The number of phenols is 1. The molecule has 0 spiro atoms. The van der Waals surface area contributed by atoms with E-state index in [2.05, 4.69) is 20.8 Å². The first-order chi connectivity index (χ1) is 15.1. The fourth-order valence-corrected chi connectivity index (χ4v) is 4.97. The lowest BCUT2D eigenvalue weighted by Crippen LogP contribution is -2.35. The van der Waals surface area contributed by atoms with Crippen molar-refractivity contribution in [1.29, 1.82) is 0 Å². The minimum Gasteiger partial charge on any atom is -0.506 e. The third kappa shape index (κ3) is 5.43. The van der Waals surface area contributed by atoms with E-state index in [0.717, 1.165) is 18.0 Å². The van der Waals surface area contributed by atoms with Crippen molar-refractivity contribution < 1.29 is 23.8 Å². The third-order valence-corrected chi connectivity index (χ3v) is 6.77. The molecule has 0 aliphatic carbocycles.